The van der Waals surface area contributed by atoms with Crippen LogP contribution < -0.4 is 27.3 Å². The van der Waals surface area contributed by atoms with Gasteiger partial charge in [0.2, 0.25) is 0 Å². The van der Waals surface area contributed by atoms with Gasteiger partial charge in [-0.2, -0.15) is 16.8 Å². The van der Waals surface area contributed by atoms with Gasteiger partial charge in [0.1, 0.15) is 11.5 Å². The molecule has 0 amide bonds. The first-order valence-corrected chi connectivity index (χ1v) is 15.5. The summed E-state index contributed by atoms with van der Waals surface area (Å²) in [7, 11) is -3.42. The van der Waals surface area contributed by atoms with Gasteiger partial charge < -0.3 is 27.3 Å². The topological polar surface area (TPSA) is 124 Å². The van der Waals surface area contributed by atoms with Crippen LogP contribution in [0.25, 0.3) is 22.3 Å². The highest BCUT2D eigenvalue weighted by Crippen LogP contribution is 2.51. The Morgan fingerprint density at radius 3 is 1.85 bits per heavy atom. The molecule has 0 atom stereocenters. The summed E-state index contributed by atoms with van der Waals surface area (Å²) in [5.74, 6) is 1.31. The van der Waals surface area contributed by atoms with Crippen molar-refractivity contribution < 1.29 is 44.1 Å². The lowest BCUT2D eigenvalue weighted by Crippen LogP contribution is -2.09. The molecular formula is C28H32O10S2. The molecule has 0 aliphatic carbocycles. The summed E-state index contributed by atoms with van der Waals surface area (Å²) >= 11 is 0. The van der Waals surface area contributed by atoms with Crippen molar-refractivity contribution in [1.29, 1.82) is 0 Å². The lowest BCUT2D eigenvalue weighted by atomic mass is 9.96. The molecule has 12 heteroatoms. The maximum absolute atomic E-state index is 12.4. The van der Waals surface area contributed by atoms with Gasteiger partial charge in [0.05, 0.1) is 46.0 Å². The second kappa shape index (κ2) is 12.5. The van der Waals surface area contributed by atoms with Gasteiger partial charge in [-0.15, -0.1) is 6.58 Å². The maximum Gasteiger partial charge on any atom is 0.306 e. The minimum atomic E-state index is -4.02. The highest BCUT2D eigenvalue weighted by molar-refractivity contribution is 7.86. The van der Waals surface area contributed by atoms with Crippen molar-refractivity contribution in [2.75, 3.05) is 40.4 Å². The van der Waals surface area contributed by atoms with Gasteiger partial charge in [-0.1, -0.05) is 23.8 Å². The fourth-order valence-corrected chi connectivity index (χ4v) is 4.76. The zero-order valence-electron chi connectivity index (χ0n) is 23.1. The fourth-order valence-electron chi connectivity index (χ4n) is 3.84. The molecule has 0 saturated carbocycles. The summed E-state index contributed by atoms with van der Waals surface area (Å²) in [6.45, 7) is 6.19. The molecule has 40 heavy (non-hydrogen) atoms. The van der Waals surface area contributed by atoms with Gasteiger partial charge in [-0.25, -0.2) is 0 Å². The summed E-state index contributed by atoms with van der Waals surface area (Å²) in [4.78, 5) is 0. The third-order valence-electron chi connectivity index (χ3n) is 5.51. The number of ether oxygens (including phenoxy) is 4. The Labute approximate surface area is 235 Å². The second-order valence-corrected chi connectivity index (χ2v) is 12.0. The van der Waals surface area contributed by atoms with E-state index in [4.69, 9.17) is 27.3 Å². The van der Waals surface area contributed by atoms with E-state index in [1.807, 2.05) is 6.92 Å². The first-order valence-electron chi connectivity index (χ1n) is 11.9. The molecule has 216 valence electrons. The Kier molecular flexibility index (Phi) is 9.59. The van der Waals surface area contributed by atoms with Crippen molar-refractivity contribution in [2.45, 2.75) is 13.3 Å². The van der Waals surface area contributed by atoms with Gasteiger partial charge in [0, 0.05) is 12.0 Å². The first kappa shape index (κ1) is 30.6. The number of benzene rings is 3. The molecule has 0 spiro atoms. The number of rotatable bonds is 13. The summed E-state index contributed by atoms with van der Waals surface area (Å²) in [5.41, 5.74) is 2.78. The largest absolute Gasteiger partial charge is 0.496 e. The average molecular weight is 593 g/mol. The molecule has 10 nitrogen and oxygen atoms in total. The highest BCUT2D eigenvalue weighted by Gasteiger charge is 2.27. The molecule has 0 radical (unpaired) electrons. The quantitative estimate of drug-likeness (QED) is 0.196. The van der Waals surface area contributed by atoms with Crippen LogP contribution in [0.2, 0.25) is 0 Å². The monoisotopic (exact) mass is 592 g/mol. The number of methoxy groups -OCH3 is 3. The van der Waals surface area contributed by atoms with Gasteiger partial charge in [0.25, 0.3) is 0 Å². The maximum atomic E-state index is 12.4. The zero-order valence-corrected chi connectivity index (χ0v) is 24.8. The van der Waals surface area contributed by atoms with Crippen LogP contribution >= 0.6 is 0 Å². The molecule has 0 aromatic heterocycles. The SMILES string of the molecule is C=C(C)CCOc1ccc(-c2c(OC)cc(-c3ccc(OS(C)(=O)=O)cc3)c(OC)c2OS(C)(=O)=O)cc1OC. The average Bonchev–Trinajstić information content (AvgIpc) is 2.86. The van der Waals surface area contributed by atoms with Crippen molar-refractivity contribution in [3.8, 4) is 56.8 Å². The molecule has 0 aliphatic heterocycles. The molecule has 0 fully saturated rings. The van der Waals surface area contributed by atoms with Crippen LogP contribution in [-0.2, 0) is 20.2 Å². The van der Waals surface area contributed by atoms with Crippen molar-refractivity contribution in [3.05, 3.63) is 60.7 Å². The molecule has 0 unspecified atom stereocenters. The van der Waals surface area contributed by atoms with Crippen molar-refractivity contribution >= 4 is 20.2 Å². The Balaban J connectivity index is 2.22. The summed E-state index contributed by atoms with van der Waals surface area (Å²) in [6, 6.07) is 12.9. The van der Waals surface area contributed by atoms with E-state index in [9.17, 15) is 16.8 Å². The van der Waals surface area contributed by atoms with Gasteiger partial charge >= 0.3 is 20.2 Å². The van der Waals surface area contributed by atoms with E-state index in [2.05, 4.69) is 6.58 Å². The Morgan fingerprint density at radius 1 is 0.725 bits per heavy atom. The van der Waals surface area contributed by atoms with Crippen molar-refractivity contribution in [2.24, 2.45) is 0 Å². The normalized spacial score (nSPS) is 11.4. The van der Waals surface area contributed by atoms with Crippen LogP contribution in [0.5, 0.6) is 34.5 Å². The lowest BCUT2D eigenvalue weighted by molar-refractivity contribution is 0.297. The summed E-state index contributed by atoms with van der Waals surface area (Å²) < 4.78 is 80.9. The van der Waals surface area contributed by atoms with Crippen LogP contribution in [0.4, 0.5) is 0 Å². The van der Waals surface area contributed by atoms with Crippen LogP contribution in [0.3, 0.4) is 0 Å². The molecular weight excluding hydrogens is 560 g/mol. The van der Waals surface area contributed by atoms with E-state index in [1.165, 1.54) is 33.5 Å². The zero-order chi connectivity index (χ0) is 29.7. The Hall–Kier alpha value is -3.90. The lowest BCUT2D eigenvalue weighted by Gasteiger charge is -2.21. The molecule has 0 saturated heterocycles. The third-order valence-corrected chi connectivity index (χ3v) is 6.47. The van der Waals surface area contributed by atoms with E-state index in [1.54, 1.807) is 36.4 Å². The summed E-state index contributed by atoms with van der Waals surface area (Å²) in [5, 5.41) is 0. The summed E-state index contributed by atoms with van der Waals surface area (Å²) in [6.07, 6.45) is 2.54. The molecule has 0 aliphatic rings. The van der Waals surface area contributed by atoms with Gasteiger partial charge in [-0.05, 0) is 48.4 Å². The second-order valence-electron chi connectivity index (χ2n) is 8.88. The van der Waals surface area contributed by atoms with Gasteiger partial charge in [-0.3, -0.25) is 0 Å². The van der Waals surface area contributed by atoms with Crippen LogP contribution in [0.1, 0.15) is 13.3 Å². The minimum Gasteiger partial charge on any atom is -0.496 e. The molecule has 3 rings (SSSR count). The van der Waals surface area contributed by atoms with Crippen LogP contribution in [0, 0.1) is 0 Å². The first-order chi connectivity index (χ1) is 18.8. The van der Waals surface area contributed by atoms with Crippen molar-refractivity contribution in [3.63, 3.8) is 0 Å². The Bertz CT molecular complexity index is 1590. The van der Waals surface area contributed by atoms with Crippen LogP contribution in [-0.4, -0.2) is 57.3 Å². The molecule has 3 aromatic rings. The van der Waals surface area contributed by atoms with Crippen LogP contribution in [0.15, 0.2) is 60.7 Å². The van der Waals surface area contributed by atoms with Gasteiger partial charge in [0.15, 0.2) is 23.0 Å². The van der Waals surface area contributed by atoms with E-state index in [0.717, 1.165) is 18.1 Å². The van der Waals surface area contributed by atoms with E-state index < -0.39 is 20.2 Å². The smallest absolute Gasteiger partial charge is 0.306 e. The minimum absolute atomic E-state index is 0.103. The standard InChI is InChI=1S/C28H32O10S2/c1-18(2)14-15-36-23-13-10-20(16-24(23)33-3)26-25(34-4)17-22(27(35-5)28(26)38-40(7,31)32)19-8-11-21(12-9-19)37-39(6,29)30/h8-13,16-17H,1,14-15H2,2-7H3. The molecule has 3 aromatic carbocycles. The van der Waals surface area contributed by atoms with E-state index >= 15 is 0 Å². The predicted molar refractivity (Wildman–Crippen MR) is 153 cm³/mol. The molecule has 0 heterocycles. The molecule has 0 N–H and O–H groups in total. The van der Waals surface area contributed by atoms with E-state index in [-0.39, 0.29) is 23.0 Å². The number of hydrogen-bond donors (Lipinski definition) is 0. The number of hydrogen-bond acceptors (Lipinski definition) is 10. The fraction of sp³-hybridized carbons (Fsp3) is 0.286. The Morgan fingerprint density at radius 2 is 1.32 bits per heavy atom. The molecule has 0 bridgehead atoms. The van der Waals surface area contributed by atoms with Crippen molar-refractivity contribution in [1.82, 2.24) is 0 Å². The highest BCUT2D eigenvalue weighted by atomic mass is 32.2. The predicted octanol–water partition coefficient (Wildman–Crippen LogP) is 5.07. The third kappa shape index (κ3) is 7.82. The van der Waals surface area contributed by atoms with E-state index in [0.29, 0.717) is 46.8 Å².